The van der Waals surface area contributed by atoms with E-state index in [2.05, 4.69) is 10.6 Å². The Kier molecular flexibility index (Phi) is 4.84. The molecule has 5 heteroatoms. The van der Waals surface area contributed by atoms with Gasteiger partial charge in [0.1, 0.15) is 5.75 Å². The topological polar surface area (TPSA) is 70.6 Å². The molecule has 1 saturated carbocycles. The van der Waals surface area contributed by atoms with E-state index in [1.807, 2.05) is 24.3 Å². The average Bonchev–Trinajstić information content (AvgIpc) is 2.90. The molecule has 3 N–H and O–H groups in total. The summed E-state index contributed by atoms with van der Waals surface area (Å²) in [5.74, 6) is 0.575. The van der Waals surface area contributed by atoms with Crippen LogP contribution in [-0.4, -0.2) is 36.8 Å². The third kappa shape index (κ3) is 3.87. The number of carbonyl (C=O) groups excluding carboxylic acids is 1. The monoisotopic (exact) mass is 278 g/mol. The van der Waals surface area contributed by atoms with Gasteiger partial charge in [0.15, 0.2) is 0 Å². The first-order valence-electron chi connectivity index (χ1n) is 6.99. The van der Waals surface area contributed by atoms with Gasteiger partial charge in [-0.05, 0) is 25.0 Å². The molecule has 0 heterocycles. The predicted molar refractivity (Wildman–Crippen MR) is 77.9 cm³/mol. The molecule has 1 aliphatic rings. The average molecular weight is 278 g/mol. The molecular weight excluding hydrogens is 256 g/mol. The van der Waals surface area contributed by atoms with Gasteiger partial charge in [0.2, 0.25) is 5.91 Å². The van der Waals surface area contributed by atoms with Crippen LogP contribution in [0.3, 0.4) is 0 Å². The van der Waals surface area contributed by atoms with E-state index in [1.165, 1.54) is 0 Å². The van der Waals surface area contributed by atoms with Crippen molar-refractivity contribution >= 4 is 11.6 Å². The van der Waals surface area contributed by atoms with Crippen molar-refractivity contribution in [3.63, 3.8) is 0 Å². The molecule has 1 amide bonds. The van der Waals surface area contributed by atoms with Crippen LogP contribution in [0.1, 0.15) is 25.7 Å². The fourth-order valence-corrected chi connectivity index (χ4v) is 2.50. The summed E-state index contributed by atoms with van der Waals surface area (Å²) in [6, 6.07) is 7.45. The number of nitrogens with one attached hydrogen (secondary N) is 2. The number of hydrogen-bond acceptors (Lipinski definition) is 4. The Morgan fingerprint density at radius 2 is 2.05 bits per heavy atom. The van der Waals surface area contributed by atoms with E-state index in [0.29, 0.717) is 12.3 Å². The van der Waals surface area contributed by atoms with Gasteiger partial charge in [-0.1, -0.05) is 25.0 Å². The van der Waals surface area contributed by atoms with Crippen LogP contribution < -0.4 is 15.4 Å². The van der Waals surface area contributed by atoms with E-state index in [0.717, 1.165) is 31.4 Å². The van der Waals surface area contributed by atoms with Crippen LogP contribution in [0.4, 0.5) is 5.69 Å². The lowest BCUT2D eigenvalue weighted by Gasteiger charge is -2.22. The lowest BCUT2D eigenvalue weighted by Crippen LogP contribution is -2.42. The summed E-state index contributed by atoms with van der Waals surface area (Å²) in [4.78, 5) is 11.8. The van der Waals surface area contributed by atoms with Crippen molar-refractivity contribution in [3.05, 3.63) is 24.3 Å². The van der Waals surface area contributed by atoms with Gasteiger partial charge in [0, 0.05) is 6.54 Å². The Morgan fingerprint density at radius 3 is 2.75 bits per heavy atom. The van der Waals surface area contributed by atoms with E-state index >= 15 is 0 Å². The van der Waals surface area contributed by atoms with Gasteiger partial charge in [-0.2, -0.15) is 0 Å². The Hall–Kier alpha value is -1.75. The Labute approximate surface area is 119 Å². The van der Waals surface area contributed by atoms with Crippen molar-refractivity contribution in [3.8, 4) is 5.75 Å². The highest BCUT2D eigenvalue weighted by atomic mass is 16.5. The number of carbonyl (C=O) groups is 1. The number of benzene rings is 1. The van der Waals surface area contributed by atoms with Crippen molar-refractivity contribution in [2.24, 2.45) is 0 Å². The molecule has 0 bridgehead atoms. The van der Waals surface area contributed by atoms with E-state index in [-0.39, 0.29) is 12.5 Å². The van der Waals surface area contributed by atoms with Crippen molar-refractivity contribution in [1.29, 1.82) is 0 Å². The third-order valence-corrected chi connectivity index (χ3v) is 3.70. The second-order valence-corrected chi connectivity index (χ2v) is 5.26. The minimum absolute atomic E-state index is 0.128. The number of hydrogen-bond donors (Lipinski definition) is 3. The summed E-state index contributed by atoms with van der Waals surface area (Å²) in [6.45, 7) is 0.496. The Bertz CT molecular complexity index is 456. The molecule has 1 aromatic rings. The van der Waals surface area contributed by atoms with Gasteiger partial charge in [-0.3, -0.25) is 4.79 Å². The van der Waals surface area contributed by atoms with Crippen LogP contribution in [0, 0.1) is 0 Å². The molecular formula is C15H22N2O3. The van der Waals surface area contributed by atoms with Crippen molar-refractivity contribution in [2.75, 3.05) is 25.5 Å². The highest BCUT2D eigenvalue weighted by Crippen LogP contribution is 2.28. The van der Waals surface area contributed by atoms with Crippen LogP contribution in [0.15, 0.2) is 24.3 Å². The molecule has 1 aromatic carbocycles. The molecule has 110 valence electrons. The minimum atomic E-state index is -0.708. The maximum absolute atomic E-state index is 11.8. The molecule has 0 unspecified atom stereocenters. The molecule has 0 radical (unpaired) electrons. The molecule has 0 aromatic heterocycles. The minimum Gasteiger partial charge on any atom is -0.495 e. The SMILES string of the molecule is COc1ccccc1NCC(=O)NCC1(O)CCCC1. The van der Waals surface area contributed by atoms with Gasteiger partial charge < -0.3 is 20.5 Å². The number of aliphatic hydroxyl groups is 1. The highest BCUT2D eigenvalue weighted by molar-refractivity contribution is 5.81. The predicted octanol–water partition coefficient (Wildman–Crippen LogP) is 1.53. The van der Waals surface area contributed by atoms with E-state index in [4.69, 9.17) is 4.74 Å². The number of methoxy groups -OCH3 is 1. The fourth-order valence-electron chi connectivity index (χ4n) is 2.50. The number of amides is 1. The molecule has 0 saturated heterocycles. The number of anilines is 1. The number of para-hydroxylation sites is 2. The van der Waals surface area contributed by atoms with Crippen molar-refractivity contribution in [2.45, 2.75) is 31.3 Å². The van der Waals surface area contributed by atoms with Crippen molar-refractivity contribution < 1.29 is 14.6 Å². The van der Waals surface area contributed by atoms with Gasteiger partial charge in [-0.25, -0.2) is 0 Å². The second kappa shape index (κ2) is 6.61. The van der Waals surface area contributed by atoms with Crippen LogP contribution in [0.2, 0.25) is 0 Å². The van der Waals surface area contributed by atoms with Crippen LogP contribution >= 0.6 is 0 Å². The van der Waals surface area contributed by atoms with E-state index in [1.54, 1.807) is 7.11 Å². The molecule has 0 aliphatic heterocycles. The molecule has 1 fully saturated rings. The zero-order chi connectivity index (χ0) is 14.4. The summed E-state index contributed by atoms with van der Waals surface area (Å²) >= 11 is 0. The third-order valence-electron chi connectivity index (χ3n) is 3.70. The zero-order valence-corrected chi connectivity index (χ0v) is 11.8. The zero-order valence-electron chi connectivity index (χ0n) is 11.8. The quantitative estimate of drug-likeness (QED) is 0.738. The largest absolute Gasteiger partial charge is 0.495 e. The fraction of sp³-hybridized carbons (Fsp3) is 0.533. The summed E-state index contributed by atoms with van der Waals surface area (Å²) in [6.07, 6.45) is 3.61. The number of ether oxygens (including phenoxy) is 1. The molecule has 1 aliphatic carbocycles. The summed E-state index contributed by atoms with van der Waals surface area (Å²) in [5.41, 5.74) is 0.0739. The van der Waals surface area contributed by atoms with E-state index < -0.39 is 5.60 Å². The highest BCUT2D eigenvalue weighted by Gasteiger charge is 2.31. The van der Waals surface area contributed by atoms with Crippen molar-refractivity contribution in [1.82, 2.24) is 5.32 Å². The summed E-state index contributed by atoms with van der Waals surface area (Å²) < 4.78 is 5.20. The van der Waals surface area contributed by atoms with Crippen LogP contribution in [-0.2, 0) is 4.79 Å². The normalized spacial score (nSPS) is 16.7. The lowest BCUT2D eigenvalue weighted by atomic mass is 10.0. The van der Waals surface area contributed by atoms with E-state index in [9.17, 15) is 9.90 Å². The molecule has 5 nitrogen and oxygen atoms in total. The lowest BCUT2D eigenvalue weighted by molar-refractivity contribution is -0.120. The van der Waals surface area contributed by atoms with Gasteiger partial charge in [0.05, 0.1) is 24.9 Å². The van der Waals surface area contributed by atoms with Crippen LogP contribution in [0.5, 0.6) is 5.75 Å². The molecule has 0 spiro atoms. The maximum atomic E-state index is 11.8. The van der Waals surface area contributed by atoms with Gasteiger partial charge in [-0.15, -0.1) is 0 Å². The summed E-state index contributed by atoms with van der Waals surface area (Å²) in [5, 5.41) is 16.0. The summed E-state index contributed by atoms with van der Waals surface area (Å²) in [7, 11) is 1.59. The van der Waals surface area contributed by atoms with Crippen LogP contribution in [0.25, 0.3) is 0 Å². The first-order valence-corrected chi connectivity index (χ1v) is 6.99. The van der Waals surface area contributed by atoms with Gasteiger partial charge in [0.25, 0.3) is 0 Å². The number of rotatable bonds is 6. The Morgan fingerprint density at radius 1 is 1.35 bits per heavy atom. The first-order chi connectivity index (χ1) is 9.63. The standard InChI is InChI=1S/C15H22N2O3/c1-20-13-7-3-2-6-12(13)16-10-14(18)17-11-15(19)8-4-5-9-15/h2-3,6-7,16,19H,4-5,8-11H2,1H3,(H,17,18). The maximum Gasteiger partial charge on any atom is 0.239 e. The second-order valence-electron chi connectivity index (χ2n) is 5.26. The first kappa shape index (κ1) is 14.7. The molecule has 20 heavy (non-hydrogen) atoms. The Balaban J connectivity index is 1.77. The molecule has 2 rings (SSSR count). The van der Waals surface area contributed by atoms with Gasteiger partial charge >= 0.3 is 0 Å². The molecule has 0 atom stereocenters. The smallest absolute Gasteiger partial charge is 0.239 e.